The summed E-state index contributed by atoms with van der Waals surface area (Å²) >= 11 is 0. The maximum absolute atomic E-state index is 8.80. The largest absolute Gasteiger partial charge is 0.394 e. The molecule has 1 aromatic heterocycles. The fraction of sp³-hybridized carbons (Fsp3) is 0.857. The molecule has 0 spiro atoms. The second-order valence-corrected chi connectivity index (χ2v) is 5.80. The summed E-state index contributed by atoms with van der Waals surface area (Å²) < 4.78 is 1.68. The lowest BCUT2D eigenvalue weighted by Gasteiger charge is -2.26. The van der Waals surface area contributed by atoms with Crippen LogP contribution in [0.2, 0.25) is 0 Å². The molecule has 0 bridgehead atoms. The van der Waals surface area contributed by atoms with Gasteiger partial charge in [0.05, 0.1) is 18.8 Å². The fourth-order valence-corrected chi connectivity index (χ4v) is 2.98. The van der Waals surface area contributed by atoms with Gasteiger partial charge in [-0.2, -0.15) is 0 Å². The van der Waals surface area contributed by atoms with Gasteiger partial charge in [0.2, 0.25) is 0 Å². The van der Waals surface area contributed by atoms with Crippen molar-refractivity contribution in [3.8, 4) is 0 Å². The molecule has 1 heterocycles. The van der Waals surface area contributed by atoms with E-state index in [0.717, 1.165) is 30.6 Å². The Morgan fingerprint density at radius 2 is 2.37 bits per heavy atom. The quantitative estimate of drug-likeness (QED) is 0.736. The van der Waals surface area contributed by atoms with Crippen LogP contribution in [0.1, 0.15) is 44.7 Å². The van der Waals surface area contributed by atoms with Crippen molar-refractivity contribution in [1.82, 2.24) is 20.3 Å². The van der Waals surface area contributed by atoms with Crippen LogP contribution in [-0.2, 0) is 13.1 Å². The van der Waals surface area contributed by atoms with Gasteiger partial charge in [-0.1, -0.05) is 31.4 Å². The van der Waals surface area contributed by atoms with Crippen molar-refractivity contribution in [3.63, 3.8) is 0 Å². The number of aliphatic hydroxyl groups excluding tert-OH is 1. The first-order chi connectivity index (χ1) is 9.28. The van der Waals surface area contributed by atoms with Crippen LogP contribution in [0, 0.1) is 11.8 Å². The van der Waals surface area contributed by atoms with Crippen molar-refractivity contribution in [3.05, 3.63) is 11.9 Å². The highest BCUT2D eigenvalue weighted by molar-refractivity contribution is 4.91. The van der Waals surface area contributed by atoms with E-state index < -0.39 is 0 Å². The first kappa shape index (κ1) is 14.5. The summed E-state index contributed by atoms with van der Waals surface area (Å²) in [7, 11) is 0. The van der Waals surface area contributed by atoms with E-state index in [1.807, 2.05) is 6.20 Å². The predicted octanol–water partition coefficient (Wildman–Crippen LogP) is 1.58. The average molecular weight is 266 g/mol. The van der Waals surface area contributed by atoms with E-state index in [-0.39, 0.29) is 6.61 Å². The minimum absolute atomic E-state index is 0.107. The minimum Gasteiger partial charge on any atom is -0.394 e. The third-order valence-corrected chi connectivity index (χ3v) is 4.00. The maximum Gasteiger partial charge on any atom is 0.0964 e. The zero-order valence-electron chi connectivity index (χ0n) is 11.9. The van der Waals surface area contributed by atoms with Crippen LogP contribution in [0.25, 0.3) is 0 Å². The Bertz CT molecular complexity index is 366. The molecule has 5 heteroatoms. The van der Waals surface area contributed by atoms with Crippen LogP contribution >= 0.6 is 0 Å². The van der Waals surface area contributed by atoms with Crippen LogP contribution in [-0.4, -0.2) is 33.3 Å². The lowest BCUT2D eigenvalue weighted by Crippen LogP contribution is -2.21. The number of rotatable bonds is 7. The highest BCUT2D eigenvalue weighted by atomic mass is 16.3. The van der Waals surface area contributed by atoms with Gasteiger partial charge in [0.25, 0.3) is 0 Å². The van der Waals surface area contributed by atoms with Crippen LogP contribution in [0.15, 0.2) is 6.20 Å². The molecule has 19 heavy (non-hydrogen) atoms. The Labute approximate surface area is 115 Å². The van der Waals surface area contributed by atoms with Gasteiger partial charge >= 0.3 is 0 Å². The molecular weight excluding hydrogens is 240 g/mol. The molecule has 2 unspecified atom stereocenters. The lowest BCUT2D eigenvalue weighted by molar-refractivity contribution is 0.267. The summed E-state index contributed by atoms with van der Waals surface area (Å²) in [5, 5.41) is 20.3. The van der Waals surface area contributed by atoms with Gasteiger partial charge in [0.1, 0.15) is 0 Å². The molecular formula is C14H26N4O. The van der Waals surface area contributed by atoms with Gasteiger partial charge in [-0.15, -0.1) is 5.10 Å². The van der Waals surface area contributed by atoms with Crippen molar-refractivity contribution in [2.75, 3.05) is 13.2 Å². The fourth-order valence-electron chi connectivity index (χ4n) is 2.98. The van der Waals surface area contributed by atoms with E-state index in [1.54, 1.807) is 4.68 Å². The third-order valence-electron chi connectivity index (χ3n) is 4.00. The Hall–Kier alpha value is -0.940. The van der Waals surface area contributed by atoms with Gasteiger partial charge in [0, 0.05) is 12.7 Å². The summed E-state index contributed by atoms with van der Waals surface area (Å²) in [6.07, 6.45) is 8.79. The van der Waals surface area contributed by atoms with E-state index in [4.69, 9.17) is 5.11 Å². The smallest absolute Gasteiger partial charge is 0.0964 e. The number of aliphatic hydroxyl groups is 1. The summed E-state index contributed by atoms with van der Waals surface area (Å²) in [5.74, 6) is 1.82. The first-order valence-electron chi connectivity index (χ1n) is 7.48. The zero-order valence-corrected chi connectivity index (χ0v) is 11.9. The lowest BCUT2D eigenvalue weighted by atomic mass is 9.81. The Morgan fingerprint density at radius 3 is 3.16 bits per heavy atom. The summed E-state index contributed by atoms with van der Waals surface area (Å²) in [6, 6.07) is 0. The summed E-state index contributed by atoms with van der Waals surface area (Å²) in [4.78, 5) is 0. The van der Waals surface area contributed by atoms with E-state index in [2.05, 4.69) is 22.6 Å². The van der Waals surface area contributed by atoms with Crippen LogP contribution in [0.5, 0.6) is 0 Å². The number of aromatic nitrogens is 3. The highest BCUT2D eigenvalue weighted by Crippen LogP contribution is 2.30. The highest BCUT2D eigenvalue weighted by Gasteiger charge is 2.18. The molecule has 0 saturated heterocycles. The van der Waals surface area contributed by atoms with E-state index in [1.165, 1.54) is 32.1 Å². The molecule has 0 amide bonds. The van der Waals surface area contributed by atoms with E-state index in [9.17, 15) is 0 Å². The zero-order chi connectivity index (χ0) is 13.5. The molecule has 1 aliphatic carbocycles. The van der Waals surface area contributed by atoms with Crippen molar-refractivity contribution < 1.29 is 5.11 Å². The molecule has 108 valence electrons. The maximum atomic E-state index is 8.80. The first-order valence-corrected chi connectivity index (χ1v) is 7.48. The predicted molar refractivity (Wildman–Crippen MR) is 74.6 cm³/mol. The summed E-state index contributed by atoms with van der Waals surface area (Å²) in [5.41, 5.74) is 0.950. The summed E-state index contributed by atoms with van der Waals surface area (Å²) in [6.45, 7) is 4.83. The van der Waals surface area contributed by atoms with Crippen LogP contribution < -0.4 is 5.32 Å². The second kappa shape index (κ2) is 7.60. The van der Waals surface area contributed by atoms with Crippen LogP contribution in [0.4, 0.5) is 0 Å². The van der Waals surface area contributed by atoms with E-state index >= 15 is 0 Å². The van der Waals surface area contributed by atoms with Gasteiger partial charge in [-0.3, -0.25) is 0 Å². The SMILES string of the molecule is CC1CCCC(CCNCc2cn(CCO)nn2)C1. The Morgan fingerprint density at radius 1 is 1.47 bits per heavy atom. The van der Waals surface area contributed by atoms with Crippen LogP contribution in [0.3, 0.4) is 0 Å². The molecule has 2 rings (SSSR count). The van der Waals surface area contributed by atoms with Gasteiger partial charge < -0.3 is 10.4 Å². The number of hydrogen-bond donors (Lipinski definition) is 2. The third kappa shape index (κ3) is 4.91. The normalized spacial score (nSPS) is 23.7. The van der Waals surface area contributed by atoms with Gasteiger partial charge in [-0.25, -0.2) is 4.68 Å². The molecule has 2 atom stereocenters. The average Bonchev–Trinajstić information content (AvgIpc) is 2.83. The van der Waals surface area contributed by atoms with Crippen molar-refractivity contribution in [1.29, 1.82) is 0 Å². The van der Waals surface area contributed by atoms with Crippen molar-refractivity contribution in [2.24, 2.45) is 11.8 Å². The minimum atomic E-state index is 0.107. The second-order valence-electron chi connectivity index (χ2n) is 5.80. The van der Waals surface area contributed by atoms with Crippen molar-refractivity contribution >= 4 is 0 Å². The number of hydrogen-bond acceptors (Lipinski definition) is 4. The molecule has 2 N–H and O–H groups in total. The van der Waals surface area contributed by atoms with Gasteiger partial charge in [-0.05, 0) is 31.2 Å². The number of nitrogens with one attached hydrogen (secondary N) is 1. The number of nitrogens with zero attached hydrogens (tertiary/aromatic N) is 3. The topological polar surface area (TPSA) is 63.0 Å². The standard InChI is InChI=1S/C14H26N4O/c1-12-3-2-4-13(9-12)5-6-15-10-14-11-18(7-8-19)17-16-14/h11-13,15,19H,2-10H2,1H3. The molecule has 1 aromatic rings. The monoisotopic (exact) mass is 266 g/mol. The Balaban J connectivity index is 1.60. The molecule has 0 radical (unpaired) electrons. The Kier molecular flexibility index (Phi) is 5.79. The molecule has 0 aliphatic heterocycles. The molecule has 0 aromatic carbocycles. The molecule has 1 fully saturated rings. The molecule has 1 saturated carbocycles. The van der Waals surface area contributed by atoms with Crippen molar-refractivity contribution in [2.45, 2.75) is 52.1 Å². The molecule has 1 aliphatic rings. The van der Waals surface area contributed by atoms with Gasteiger partial charge in [0.15, 0.2) is 0 Å². The molecule has 5 nitrogen and oxygen atoms in total. The van der Waals surface area contributed by atoms with E-state index in [0.29, 0.717) is 6.54 Å².